The van der Waals surface area contributed by atoms with Crippen molar-refractivity contribution in [2.24, 2.45) is 5.73 Å². The second kappa shape index (κ2) is 6.31. The molecule has 0 aliphatic carbocycles. The molecule has 8 heteroatoms. The summed E-state index contributed by atoms with van der Waals surface area (Å²) in [5, 5.41) is 0. The number of thiocarbonyl (C=S) groups is 1. The molecule has 0 bridgehead atoms. The number of thiophene rings is 1. The molecule has 0 saturated heterocycles. The Morgan fingerprint density at radius 3 is 2.40 bits per heavy atom. The van der Waals surface area contributed by atoms with E-state index < -0.39 is 10.0 Å². The molecule has 4 nitrogen and oxygen atoms in total. The van der Waals surface area contributed by atoms with Crippen molar-refractivity contribution in [3.63, 3.8) is 0 Å². The molecular formula is C12H11BrN2O2S3. The fourth-order valence-corrected chi connectivity index (χ4v) is 4.15. The Bertz CT molecular complexity index is 723. The third kappa shape index (κ3) is 3.86. The predicted octanol–water partition coefficient (Wildman–Crippen LogP) is 2.62. The molecule has 0 aliphatic heterocycles. The highest BCUT2D eigenvalue weighted by atomic mass is 79.9. The Morgan fingerprint density at radius 2 is 1.90 bits per heavy atom. The SMILES string of the molecule is NC(=S)c1ccc(S(=O)(=O)NCc2ccc(Br)s2)cc1. The number of rotatable bonds is 5. The van der Waals surface area contributed by atoms with Crippen LogP contribution in [0.3, 0.4) is 0 Å². The monoisotopic (exact) mass is 390 g/mol. The first-order chi connectivity index (χ1) is 9.38. The van der Waals surface area contributed by atoms with E-state index in [1.807, 2.05) is 12.1 Å². The number of halogens is 1. The maximum absolute atomic E-state index is 12.1. The Balaban J connectivity index is 2.11. The van der Waals surface area contributed by atoms with Gasteiger partial charge in [0.2, 0.25) is 10.0 Å². The van der Waals surface area contributed by atoms with E-state index in [9.17, 15) is 8.42 Å². The Labute approximate surface area is 135 Å². The van der Waals surface area contributed by atoms with Crippen molar-refractivity contribution in [1.82, 2.24) is 4.72 Å². The zero-order valence-corrected chi connectivity index (χ0v) is 14.2. The molecule has 0 spiro atoms. The van der Waals surface area contributed by atoms with Gasteiger partial charge in [-0.2, -0.15) is 0 Å². The Kier molecular flexibility index (Phi) is 4.92. The molecule has 0 aliphatic rings. The molecule has 0 amide bonds. The van der Waals surface area contributed by atoms with E-state index >= 15 is 0 Å². The van der Waals surface area contributed by atoms with E-state index in [4.69, 9.17) is 18.0 Å². The van der Waals surface area contributed by atoms with E-state index in [1.54, 1.807) is 12.1 Å². The molecule has 3 N–H and O–H groups in total. The van der Waals surface area contributed by atoms with Crippen LogP contribution in [0, 0.1) is 0 Å². The van der Waals surface area contributed by atoms with E-state index in [0.717, 1.165) is 8.66 Å². The Morgan fingerprint density at radius 1 is 1.25 bits per heavy atom. The van der Waals surface area contributed by atoms with E-state index in [0.29, 0.717) is 5.56 Å². The summed E-state index contributed by atoms with van der Waals surface area (Å²) in [4.78, 5) is 1.36. The summed E-state index contributed by atoms with van der Waals surface area (Å²) in [5.41, 5.74) is 6.11. The molecule has 1 aromatic heterocycles. The standard InChI is InChI=1S/C12H11BrN2O2S3/c13-11-6-3-9(19-11)7-15-20(16,17)10-4-1-8(2-5-10)12(14)18/h1-6,15H,7H2,(H2,14,18). The predicted molar refractivity (Wildman–Crippen MR) is 88.4 cm³/mol. The van der Waals surface area contributed by atoms with E-state index in [2.05, 4.69) is 20.7 Å². The van der Waals surface area contributed by atoms with Gasteiger partial charge in [0.05, 0.1) is 8.68 Å². The first kappa shape index (κ1) is 15.6. The van der Waals surface area contributed by atoms with Gasteiger partial charge < -0.3 is 5.73 Å². The highest BCUT2D eigenvalue weighted by molar-refractivity contribution is 9.11. The van der Waals surface area contributed by atoms with Crippen LogP contribution in [0.25, 0.3) is 0 Å². The molecule has 0 atom stereocenters. The van der Waals surface area contributed by atoms with Crippen molar-refractivity contribution >= 4 is 54.5 Å². The van der Waals surface area contributed by atoms with Crippen LogP contribution in [0.15, 0.2) is 45.1 Å². The van der Waals surface area contributed by atoms with Crippen LogP contribution in [-0.2, 0) is 16.6 Å². The van der Waals surface area contributed by atoms with Crippen LogP contribution in [0.5, 0.6) is 0 Å². The summed E-state index contributed by atoms with van der Waals surface area (Å²) in [5.74, 6) is 0. The molecule has 20 heavy (non-hydrogen) atoms. The lowest BCUT2D eigenvalue weighted by molar-refractivity contribution is 0.582. The molecule has 1 aromatic carbocycles. The number of benzene rings is 1. The minimum absolute atomic E-state index is 0.188. The summed E-state index contributed by atoms with van der Waals surface area (Å²) >= 11 is 9.65. The third-order valence-electron chi connectivity index (χ3n) is 2.51. The summed E-state index contributed by atoms with van der Waals surface area (Å²) < 4.78 is 27.7. The average molecular weight is 391 g/mol. The molecule has 2 aromatic rings. The van der Waals surface area contributed by atoms with Crippen LogP contribution in [0.1, 0.15) is 10.4 Å². The highest BCUT2D eigenvalue weighted by Crippen LogP contribution is 2.22. The zero-order valence-electron chi connectivity index (χ0n) is 10.2. The second-order valence-electron chi connectivity index (χ2n) is 3.92. The van der Waals surface area contributed by atoms with Gasteiger partial charge in [-0.25, -0.2) is 13.1 Å². The van der Waals surface area contributed by atoms with Gasteiger partial charge in [-0.15, -0.1) is 11.3 Å². The van der Waals surface area contributed by atoms with Crippen LogP contribution >= 0.6 is 39.5 Å². The summed E-state index contributed by atoms with van der Waals surface area (Å²) in [6.45, 7) is 0.260. The molecular weight excluding hydrogens is 380 g/mol. The lowest BCUT2D eigenvalue weighted by Gasteiger charge is -2.06. The highest BCUT2D eigenvalue weighted by Gasteiger charge is 2.14. The largest absolute Gasteiger partial charge is 0.389 e. The van der Waals surface area contributed by atoms with Gasteiger partial charge in [0.25, 0.3) is 0 Å². The molecule has 0 unspecified atom stereocenters. The summed E-state index contributed by atoms with van der Waals surface area (Å²) in [6, 6.07) is 9.91. The lowest BCUT2D eigenvalue weighted by Crippen LogP contribution is -2.23. The quantitative estimate of drug-likeness (QED) is 0.769. The number of nitrogens with two attached hydrogens (primary N) is 1. The Hall–Kier alpha value is -0.800. The third-order valence-corrected chi connectivity index (χ3v) is 5.79. The van der Waals surface area contributed by atoms with Crippen LogP contribution in [-0.4, -0.2) is 13.4 Å². The van der Waals surface area contributed by atoms with Gasteiger partial charge in [-0.1, -0.05) is 24.4 Å². The van der Waals surface area contributed by atoms with Crippen molar-refractivity contribution in [1.29, 1.82) is 0 Å². The van der Waals surface area contributed by atoms with Gasteiger partial charge in [0.15, 0.2) is 0 Å². The summed E-state index contributed by atoms with van der Waals surface area (Å²) in [6.07, 6.45) is 0. The topological polar surface area (TPSA) is 72.2 Å². The van der Waals surface area contributed by atoms with Gasteiger partial charge in [0, 0.05) is 17.0 Å². The fourth-order valence-electron chi connectivity index (χ4n) is 1.49. The van der Waals surface area contributed by atoms with Gasteiger partial charge >= 0.3 is 0 Å². The second-order valence-corrected chi connectivity index (χ2v) is 8.67. The first-order valence-electron chi connectivity index (χ1n) is 5.52. The van der Waals surface area contributed by atoms with E-state index in [-0.39, 0.29) is 16.4 Å². The first-order valence-corrected chi connectivity index (χ1v) is 9.02. The average Bonchev–Trinajstić information content (AvgIpc) is 2.82. The minimum atomic E-state index is -3.53. The van der Waals surface area contributed by atoms with Gasteiger partial charge in [-0.05, 0) is 40.2 Å². The fraction of sp³-hybridized carbons (Fsp3) is 0.0833. The van der Waals surface area contributed by atoms with Crippen molar-refractivity contribution in [3.8, 4) is 0 Å². The molecule has 1 heterocycles. The maximum Gasteiger partial charge on any atom is 0.240 e. The minimum Gasteiger partial charge on any atom is -0.389 e. The van der Waals surface area contributed by atoms with Crippen molar-refractivity contribution in [2.45, 2.75) is 11.4 Å². The number of hydrogen-bond donors (Lipinski definition) is 2. The van der Waals surface area contributed by atoms with Crippen molar-refractivity contribution in [3.05, 3.63) is 50.6 Å². The molecule has 0 saturated carbocycles. The smallest absolute Gasteiger partial charge is 0.240 e. The van der Waals surface area contributed by atoms with E-state index in [1.165, 1.54) is 23.5 Å². The zero-order chi connectivity index (χ0) is 14.8. The van der Waals surface area contributed by atoms with Crippen LogP contribution < -0.4 is 10.5 Å². The van der Waals surface area contributed by atoms with Crippen LogP contribution in [0.4, 0.5) is 0 Å². The molecule has 0 radical (unpaired) electrons. The normalized spacial score (nSPS) is 11.4. The molecule has 2 rings (SSSR count). The number of sulfonamides is 1. The lowest BCUT2D eigenvalue weighted by atomic mass is 10.2. The van der Waals surface area contributed by atoms with Gasteiger partial charge in [0.1, 0.15) is 4.99 Å². The number of nitrogens with one attached hydrogen (secondary N) is 1. The van der Waals surface area contributed by atoms with Crippen molar-refractivity contribution in [2.75, 3.05) is 0 Å². The molecule has 0 fully saturated rings. The summed E-state index contributed by atoms with van der Waals surface area (Å²) in [7, 11) is -3.53. The van der Waals surface area contributed by atoms with Crippen molar-refractivity contribution < 1.29 is 8.42 Å². The van der Waals surface area contributed by atoms with Crippen LogP contribution in [0.2, 0.25) is 0 Å². The maximum atomic E-state index is 12.1. The van der Waals surface area contributed by atoms with Gasteiger partial charge in [-0.3, -0.25) is 0 Å². The number of hydrogen-bond acceptors (Lipinski definition) is 4. The molecule has 106 valence electrons.